The van der Waals surface area contributed by atoms with Crippen molar-refractivity contribution in [3.8, 4) is 11.1 Å². The molecule has 0 radical (unpaired) electrons. The van der Waals surface area contributed by atoms with E-state index in [0.717, 1.165) is 39.0 Å². The molecule has 1 spiro atoms. The molecule has 3 heterocycles. The summed E-state index contributed by atoms with van der Waals surface area (Å²) in [6.45, 7) is 3.69. The fraction of sp³-hybridized carbons (Fsp3) is 0.320. The van der Waals surface area contributed by atoms with E-state index >= 15 is 0 Å². The van der Waals surface area contributed by atoms with E-state index in [0.29, 0.717) is 5.76 Å². The largest absolute Gasteiger partial charge is 0.459 e. The van der Waals surface area contributed by atoms with E-state index in [4.69, 9.17) is 4.42 Å². The van der Waals surface area contributed by atoms with Crippen molar-refractivity contribution in [2.24, 2.45) is 5.41 Å². The van der Waals surface area contributed by atoms with E-state index in [1.807, 2.05) is 4.90 Å². The standard InChI is InChI=1S/C25H26N2O2/c28-24(23-11-5-16-29-23)27-14-6-12-25(19-27)13-15-26(18-25)22-10-4-9-21(17-22)20-7-2-1-3-8-20/h1-5,7-11,16-17H,6,12-15,18-19H2/t25-/m0/s1. The molecule has 2 aliphatic rings. The summed E-state index contributed by atoms with van der Waals surface area (Å²) >= 11 is 0. The van der Waals surface area contributed by atoms with Gasteiger partial charge in [-0.15, -0.1) is 0 Å². The molecule has 4 nitrogen and oxygen atoms in total. The van der Waals surface area contributed by atoms with E-state index in [9.17, 15) is 4.79 Å². The minimum absolute atomic E-state index is 0.0265. The highest BCUT2D eigenvalue weighted by Crippen LogP contribution is 2.41. The molecule has 148 valence electrons. The number of amides is 1. The van der Waals surface area contributed by atoms with Gasteiger partial charge in [0.05, 0.1) is 6.26 Å². The molecule has 4 heteroatoms. The van der Waals surface area contributed by atoms with E-state index < -0.39 is 0 Å². The molecule has 1 atom stereocenters. The number of carbonyl (C=O) groups excluding carboxylic acids is 1. The summed E-state index contributed by atoms with van der Waals surface area (Å²) in [4.78, 5) is 17.3. The third kappa shape index (κ3) is 3.55. The Bertz CT molecular complexity index is 983. The summed E-state index contributed by atoms with van der Waals surface area (Å²) in [5.74, 6) is 0.478. The molecule has 1 aromatic heterocycles. The maximum atomic E-state index is 12.8. The van der Waals surface area contributed by atoms with E-state index in [1.54, 1.807) is 18.4 Å². The van der Waals surface area contributed by atoms with Crippen LogP contribution in [0, 0.1) is 5.41 Å². The maximum absolute atomic E-state index is 12.8. The van der Waals surface area contributed by atoms with Crippen molar-refractivity contribution in [1.29, 1.82) is 0 Å². The van der Waals surface area contributed by atoms with Crippen LogP contribution in [-0.2, 0) is 0 Å². The van der Waals surface area contributed by atoms with Crippen molar-refractivity contribution >= 4 is 11.6 Å². The predicted octanol–water partition coefficient (Wildman–Crippen LogP) is 5.08. The van der Waals surface area contributed by atoms with Crippen molar-refractivity contribution in [1.82, 2.24) is 4.90 Å². The molecular formula is C25H26N2O2. The first-order chi connectivity index (χ1) is 14.2. The van der Waals surface area contributed by atoms with Crippen LogP contribution in [0.15, 0.2) is 77.4 Å². The number of likely N-dealkylation sites (tertiary alicyclic amines) is 1. The summed E-state index contributed by atoms with van der Waals surface area (Å²) < 4.78 is 5.34. The second-order valence-corrected chi connectivity index (χ2v) is 8.40. The van der Waals surface area contributed by atoms with E-state index in [-0.39, 0.29) is 11.3 Å². The Morgan fingerprint density at radius 2 is 1.72 bits per heavy atom. The molecule has 0 bridgehead atoms. The molecule has 0 saturated carbocycles. The lowest BCUT2D eigenvalue weighted by molar-refractivity contribution is 0.0526. The van der Waals surface area contributed by atoms with Crippen LogP contribution in [0.2, 0.25) is 0 Å². The minimum atomic E-state index is 0.0265. The Hall–Kier alpha value is -3.01. The summed E-state index contributed by atoms with van der Waals surface area (Å²) in [7, 11) is 0. The smallest absolute Gasteiger partial charge is 0.289 e. The van der Waals surface area contributed by atoms with E-state index in [1.165, 1.54) is 23.2 Å². The second kappa shape index (κ2) is 7.43. The molecular weight excluding hydrogens is 360 g/mol. The van der Waals surface area contributed by atoms with E-state index in [2.05, 4.69) is 59.5 Å². The number of benzene rings is 2. The van der Waals surface area contributed by atoms with Crippen LogP contribution in [0.5, 0.6) is 0 Å². The summed E-state index contributed by atoms with van der Waals surface area (Å²) in [5.41, 5.74) is 3.96. The first kappa shape index (κ1) is 18.0. The molecule has 2 aromatic carbocycles. The number of hydrogen-bond acceptors (Lipinski definition) is 3. The normalized spacial score (nSPS) is 21.7. The number of anilines is 1. The number of piperidine rings is 1. The van der Waals surface area contributed by atoms with Crippen LogP contribution in [0.4, 0.5) is 5.69 Å². The van der Waals surface area contributed by atoms with Gasteiger partial charge in [-0.1, -0.05) is 42.5 Å². The van der Waals surface area contributed by atoms with Gasteiger partial charge in [-0.05, 0) is 54.7 Å². The molecule has 29 heavy (non-hydrogen) atoms. The summed E-state index contributed by atoms with van der Waals surface area (Å²) in [5, 5.41) is 0. The minimum Gasteiger partial charge on any atom is -0.459 e. The highest BCUT2D eigenvalue weighted by molar-refractivity contribution is 5.91. The molecule has 0 aliphatic carbocycles. The lowest BCUT2D eigenvalue weighted by Gasteiger charge is -2.40. The van der Waals surface area contributed by atoms with Crippen LogP contribution >= 0.6 is 0 Å². The van der Waals surface area contributed by atoms with Gasteiger partial charge in [-0.25, -0.2) is 0 Å². The average Bonchev–Trinajstić information content (AvgIpc) is 3.45. The molecule has 1 amide bonds. The Balaban J connectivity index is 1.33. The molecule has 2 saturated heterocycles. The highest BCUT2D eigenvalue weighted by atomic mass is 16.3. The first-order valence-electron chi connectivity index (χ1n) is 10.5. The number of hydrogen-bond donors (Lipinski definition) is 0. The predicted molar refractivity (Wildman–Crippen MR) is 115 cm³/mol. The van der Waals surface area contributed by atoms with Gasteiger partial charge in [-0.3, -0.25) is 4.79 Å². The molecule has 0 unspecified atom stereocenters. The van der Waals surface area contributed by atoms with Gasteiger partial charge in [0.2, 0.25) is 0 Å². The van der Waals surface area contributed by atoms with Crippen molar-refractivity contribution in [2.75, 3.05) is 31.1 Å². The van der Waals surface area contributed by atoms with Crippen molar-refractivity contribution < 1.29 is 9.21 Å². The third-order valence-electron chi connectivity index (χ3n) is 6.44. The molecule has 2 aliphatic heterocycles. The topological polar surface area (TPSA) is 36.7 Å². The van der Waals surface area contributed by atoms with Crippen LogP contribution < -0.4 is 4.90 Å². The van der Waals surface area contributed by atoms with Crippen molar-refractivity contribution in [3.05, 3.63) is 78.8 Å². The zero-order valence-corrected chi connectivity index (χ0v) is 16.6. The average molecular weight is 386 g/mol. The van der Waals surface area contributed by atoms with Gasteiger partial charge in [0, 0.05) is 37.3 Å². The van der Waals surface area contributed by atoms with Crippen LogP contribution in [0.25, 0.3) is 11.1 Å². The van der Waals surface area contributed by atoms with Crippen molar-refractivity contribution in [2.45, 2.75) is 19.3 Å². The fourth-order valence-electron chi connectivity index (χ4n) is 4.94. The Labute approximate surface area is 171 Å². The van der Waals surface area contributed by atoms with Crippen LogP contribution in [0.1, 0.15) is 29.8 Å². The molecule has 5 rings (SSSR count). The molecule has 0 N–H and O–H groups in total. The zero-order valence-electron chi connectivity index (χ0n) is 16.6. The second-order valence-electron chi connectivity index (χ2n) is 8.40. The van der Waals surface area contributed by atoms with Crippen LogP contribution in [-0.4, -0.2) is 37.0 Å². The quantitative estimate of drug-likeness (QED) is 0.630. The van der Waals surface area contributed by atoms with Gasteiger partial charge < -0.3 is 14.2 Å². The van der Waals surface area contributed by atoms with Gasteiger partial charge in [0.1, 0.15) is 0 Å². The SMILES string of the molecule is O=C(c1ccco1)N1CCC[C@@]2(CCN(c3cccc(-c4ccccc4)c3)C2)C1. The van der Waals surface area contributed by atoms with Gasteiger partial charge in [0.25, 0.3) is 5.91 Å². The lowest BCUT2D eigenvalue weighted by Crippen LogP contribution is -2.47. The van der Waals surface area contributed by atoms with Crippen molar-refractivity contribution in [3.63, 3.8) is 0 Å². The fourth-order valence-corrected chi connectivity index (χ4v) is 4.94. The summed E-state index contributed by atoms with van der Waals surface area (Å²) in [6.07, 6.45) is 4.95. The van der Waals surface area contributed by atoms with Gasteiger partial charge >= 0.3 is 0 Å². The maximum Gasteiger partial charge on any atom is 0.289 e. The Morgan fingerprint density at radius 1 is 0.862 bits per heavy atom. The summed E-state index contributed by atoms with van der Waals surface area (Å²) in [6, 6.07) is 22.9. The number of furan rings is 1. The van der Waals surface area contributed by atoms with Crippen LogP contribution in [0.3, 0.4) is 0 Å². The Kier molecular flexibility index (Phi) is 4.62. The third-order valence-corrected chi connectivity index (χ3v) is 6.44. The molecule has 3 aromatic rings. The number of nitrogens with zero attached hydrogens (tertiary/aromatic N) is 2. The van der Waals surface area contributed by atoms with Gasteiger partial charge in [0.15, 0.2) is 5.76 Å². The zero-order chi connectivity index (χ0) is 19.7. The number of carbonyl (C=O) groups is 1. The Morgan fingerprint density at radius 3 is 2.55 bits per heavy atom. The monoisotopic (exact) mass is 386 g/mol. The number of rotatable bonds is 3. The highest BCUT2D eigenvalue weighted by Gasteiger charge is 2.43. The molecule has 2 fully saturated rings. The van der Waals surface area contributed by atoms with Gasteiger partial charge in [-0.2, -0.15) is 0 Å². The lowest BCUT2D eigenvalue weighted by atomic mass is 9.79. The first-order valence-corrected chi connectivity index (χ1v) is 10.5.